The Morgan fingerprint density at radius 1 is 1.08 bits per heavy atom. The predicted octanol–water partition coefficient (Wildman–Crippen LogP) is 3.58. The van der Waals surface area contributed by atoms with Gasteiger partial charge in [0.25, 0.3) is 0 Å². The van der Waals surface area contributed by atoms with Crippen LogP contribution in [0.25, 0.3) is 0 Å². The second-order valence-electron chi connectivity index (χ2n) is 10.1. The summed E-state index contributed by atoms with van der Waals surface area (Å²) in [5.41, 5.74) is 0.183. The average Bonchev–Trinajstić information content (AvgIpc) is 3.01. The molecule has 1 N–H and O–H groups in total. The van der Waals surface area contributed by atoms with E-state index in [1.807, 2.05) is 0 Å². The monoisotopic (exact) mass is 332 g/mol. The minimum Gasteiger partial charge on any atom is -0.393 e. The zero-order valence-electron chi connectivity index (χ0n) is 15.3. The normalized spacial score (nSPS) is 62.1. The number of aliphatic hydroxyl groups excluding tert-OH is 1. The maximum atomic E-state index is 13.7. The van der Waals surface area contributed by atoms with E-state index in [9.17, 15) is 9.90 Å². The van der Waals surface area contributed by atoms with E-state index >= 15 is 0 Å². The van der Waals surface area contributed by atoms with Gasteiger partial charge in [0, 0.05) is 11.3 Å². The molecule has 134 valence electrons. The van der Waals surface area contributed by atoms with Gasteiger partial charge in [-0.3, -0.25) is 4.79 Å². The van der Waals surface area contributed by atoms with Crippen molar-refractivity contribution in [3.8, 4) is 0 Å². The minimum absolute atomic E-state index is 0.0911. The first kappa shape index (κ1) is 15.8. The Morgan fingerprint density at radius 2 is 1.83 bits per heavy atom. The molecule has 24 heavy (non-hydrogen) atoms. The lowest BCUT2D eigenvalue weighted by molar-refractivity contribution is -0.176. The molecule has 4 saturated carbocycles. The lowest BCUT2D eigenvalue weighted by Gasteiger charge is -2.60. The number of Topliss-reactive ketones (excluding diaryl/α,β-unsaturated/α-hetero) is 1. The highest BCUT2D eigenvalue weighted by molar-refractivity contribution is 5.89. The minimum atomic E-state index is -0.159. The quantitative estimate of drug-likeness (QED) is 0.737. The van der Waals surface area contributed by atoms with Gasteiger partial charge in [-0.25, -0.2) is 0 Å². The molecule has 3 nitrogen and oxygen atoms in total. The summed E-state index contributed by atoms with van der Waals surface area (Å²) in [5, 5.41) is 10.1. The van der Waals surface area contributed by atoms with Crippen molar-refractivity contribution in [2.75, 3.05) is 0 Å². The summed E-state index contributed by atoms with van der Waals surface area (Å²) in [6.45, 7) is 6.93. The number of ether oxygens (including phenoxy) is 1. The van der Waals surface area contributed by atoms with Gasteiger partial charge in [-0.15, -0.1) is 0 Å². The second-order valence-corrected chi connectivity index (χ2v) is 10.1. The molecule has 10 atom stereocenters. The topological polar surface area (TPSA) is 46.5 Å². The van der Waals surface area contributed by atoms with Crippen LogP contribution >= 0.6 is 0 Å². The Bertz CT molecular complexity index is 573. The molecule has 0 unspecified atom stereocenters. The molecular formula is C21H32O3. The number of hydrogen-bond donors (Lipinski definition) is 1. The molecule has 0 aromatic rings. The number of carbonyl (C=O) groups excluding carboxylic acids is 1. The van der Waals surface area contributed by atoms with Gasteiger partial charge in [-0.1, -0.05) is 13.8 Å². The Morgan fingerprint density at radius 3 is 2.62 bits per heavy atom. The van der Waals surface area contributed by atoms with Crippen LogP contribution in [0.1, 0.15) is 65.7 Å². The Balaban J connectivity index is 1.57. The number of rotatable bonds is 0. The van der Waals surface area contributed by atoms with Crippen LogP contribution < -0.4 is 0 Å². The zero-order chi connectivity index (χ0) is 16.9. The Kier molecular flexibility index (Phi) is 3.20. The van der Waals surface area contributed by atoms with Crippen LogP contribution in [-0.2, 0) is 9.53 Å². The highest BCUT2D eigenvalue weighted by atomic mass is 16.5. The summed E-state index contributed by atoms with van der Waals surface area (Å²) in [7, 11) is 0. The van der Waals surface area contributed by atoms with E-state index in [0.717, 1.165) is 19.3 Å². The first-order valence-corrected chi connectivity index (χ1v) is 10.2. The van der Waals surface area contributed by atoms with Crippen LogP contribution in [-0.4, -0.2) is 29.2 Å². The Labute approximate surface area is 145 Å². The van der Waals surface area contributed by atoms with E-state index in [0.29, 0.717) is 29.5 Å². The smallest absolute Gasteiger partial charge is 0.166 e. The largest absolute Gasteiger partial charge is 0.393 e. The number of fused-ring (bicyclic) bond motifs is 4. The summed E-state index contributed by atoms with van der Waals surface area (Å²) < 4.78 is 6.31. The summed E-state index contributed by atoms with van der Waals surface area (Å²) in [5.74, 6) is 2.94. The van der Waals surface area contributed by atoms with Crippen molar-refractivity contribution >= 4 is 5.78 Å². The van der Waals surface area contributed by atoms with Crippen molar-refractivity contribution < 1.29 is 14.6 Å². The van der Waals surface area contributed by atoms with Crippen molar-refractivity contribution in [2.45, 2.75) is 84.0 Å². The highest BCUT2D eigenvalue weighted by Gasteiger charge is 2.70. The number of carbonyl (C=O) groups is 1. The summed E-state index contributed by atoms with van der Waals surface area (Å²) >= 11 is 0. The summed E-state index contributed by atoms with van der Waals surface area (Å²) in [6, 6.07) is 0. The molecule has 0 spiro atoms. The maximum Gasteiger partial charge on any atom is 0.166 e. The molecule has 0 aromatic carbocycles. The van der Waals surface area contributed by atoms with Crippen molar-refractivity contribution in [1.82, 2.24) is 0 Å². The van der Waals surface area contributed by atoms with Crippen molar-refractivity contribution in [1.29, 1.82) is 0 Å². The van der Waals surface area contributed by atoms with Gasteiger partial charge in [0.05, 0.1) is 12.2 Å². The molecule has 0 radical (unpaired) electrons. The third-order valence-electron chi connectivity index (χ3n) is 9.44. The van der Waals surface area contributed by atoms with Gasteiger partial charge >= 0.3 is 0 Å². The van der Waals surface area contributed by atoms with E-state index in [1.54, 1.807) is 0 Å². The second kappa shape index (κ2) is 4.85. The lowest BCUT2D eigenvalue weighted by atomic mass is 9.44. The van der Waals surface area contributed by atoms with E-state index in [1.165, 1.54) is 25.7 Å². The van der Waals surface area contributed by atoms with Crippen LogP contribution in [0.2, 0.25) is 0 Å². The fourth-order valence-electron chi connectivity index (χ4n) is 8.33. The standard InChI is InChI=1S/C21H32O3/c1-11-15-6-7-16-14-5-4-12-10-13(22)8-9-20(12,2)17(14)18(23)19(24-11)21(15,16)3/h11-17,19,22H,4-10H2,1-3H3/t11-,12+,13+,14+,15+,16-,17-,19+,20+,21-/m1/s1. The first-order chi connectivity index (χ1) is 11.4. The number of ketones is 1. The van der Waals surface area contributed by atoms with Crippen LogP contribution in [0, 0.1) is 40.4 Å². The fraction of sp³-hybridized carbons (Fsp3) is 0.952. The molecule has 3 heteroatoms. The summed E-state index contributed by atoms with van der Waals surface area (Å²) in [4.78, 5) is 13.7. The molecule has 0 bridgehead atoms. The lowest BCUT2D eigenvalue weighted by Crippen LogP contribution is -2.62. The highest BCUT2D eigenvalue weighted by Crippen LogP contribution is 2.69. The van der Waals surface area contributed by atoms with E-state index < -0.39 is 0 Å². The van der Waals surface area contributed by atoms with Gasteiger partial charge in [0.15, 0.2) is 5.78 Å². The van der Waals surface area contributed by atoms with Crippen molar-refractivity contribution in [3.63, 3.8) is 0 Å². The number of hydrogen-bond acceptors (Lipinski definition) is 3. The molecule has 1 aliphatic heterocycles. The van der Waals surface area contributed by atoms with Crippen LogP contribution in [0.5, 0.6) is 0 Å². The molecule has 0 aromatic heterocycles. The van der Waals surface area contributed by atoms with E-state index in [-0.39, 0.29) is 35.1 Å². The van der Waals surface area contributed by atoms with E-state index in [4.69, 9.17) is 4.74 Å². The van der Waals surface area contributed by atoms with Gasteiger partial charge in [0.1, 0.15) is 6.10 Å². The number of aliphatic hydroxyl groups is 1. The molecule has 5 fully saturated rings. The molecule has 1 heterocycles. The third kappa shape index (κ3) is 1.69. The zero-order valence-corrected chi connectivity index (χ0v) is 15.3. The van der Waals surface area contributed by atoms with E-state index in [2.05, 4.69) is 20.8 Å². The third-order valence-corrected chi connectivity index (χ3v) is 9.44. The van der Waals surface area contributed by atoms with Crippen molar-refractivity contribution in [3.05, 3.63) is 0 Å². The van der Waals surface area contributed by atoms with Crippen LogP contribution in [0.15, 0.2) is 0 Å². The van der Waals surface area contributed by atoms with Gasteiger partial charge in [-0.2, -0.15) is 0 Å². The average molecular weight is 332 g/mol. The fourth-order valence-corrected chi connectivity index (χ4v) is 8.33. The van der Waals surface area contributed by atoms with Crippen molar-refractivity contribution in [2.24, 2.45) is 40.4 Å². The maximum absolute atomic E-state index is 13.7. The SMILES string of the molecule is C[C@H]1O[C@H]2C(=O)[C@H]3[C@@H](CC[C@H]4C[C@@H](O)CC[C@@]43C)[C@H]3CC[C@@H]1[C@]32C. The Hall–Kier alpha value is -0.410. The van der Waals surface area contributed by atoms with Gasteiger partial charge in [-0.05, 0) is 81.0 Å². The molecule has 4 aliphatic carbocycles. The van der Waals surface area contributed by atoms with Crippen LogP contribution in [0.3, 0.4) is 0 Å². The van der Waals surface area contributed by atoms with Crippen LogP contribution in [0.4, 0.5) is 0 Å². The molecule has 0 amide bonds. The summed E-state index contributed by atoms with van der Waals surface area (Å²) in [6.07, 6.45) is 7.66. The molecule has 1 saturated heterocycles. The predicted molar refractivity (Wildman–Crippen MR) is 91.3 cm³/mol. The van der Waals surface area contributed by atoms with Gasteiger partial charge in [0.2, 0.25) is 0 Å². The van der Waals surface area contributed by atoms with Gasteiger partial charge < -0.3 is 9.84 Å². The molecule has 5 rings (SSSR count). The first-order valence-electron chi connectivity index (χ1n) is 10.2. The molecular weight excluding hydrogens is 300 g/mol. The molecule has 5 aliphatic rings.